The topological polar surface area (TPSA) is 72.6 Å². The van der Waals surface area contributed by atoms with Crippen molar-refractivity contribution in [3.63, 3.8) is 0 Å². The van der Waals surface area contributed by atoms with Crippen molar-refractivity contribution in [3.05, 3.63) is 62.9 Å². The van der Waals surface area contributed by atoms with Gasteiger partial charge in [0.2, 0.25) is 0 Å². The first kappa shape index (κ1) is 14.2. The normalized spacial score (nSPS) is 10.3. The molecular formula is C13H9ClFNO4. The summed E-state index contributed by atoms with van der Waals surface area (Å²) in [5, 5.41) is 20.0. The molecule has 1 N–H and O–H groups in total. The number of halogens is 2. The summed E-state index contributed by atoms with van der Waals surface area (Å²) in [4.78, 5) is 10.1. The van der Waals surface area contributed by atoms with Crippen LogP contribution in [0.1, 0.15) is 5.56 Å². The molecule has 0 aliphatic heterocycles. The van der Waals surface area contributed by atoms with E-state index < -0.39 is 17.3 Å². The fourth-order valence-electron chi connectivity index (χ4n) is 1.57. The number of benzene rings is 2. The summed E-state index contributed by atoms with van der Waals surface area (Å²) in [5.74, 6) is -0.287. The van der Waals surface area contributed by atoms with Gasteiger partial charge in [-0.05, 0) is 24.3 Å². The van der Waals surface area contributed by atoms with Crippen molar-refractivity contribution in [2.75, 3.05) is 0 Å². The molecule has 0 fully saturated rings. The molecule has 0 amide bonds. The average Bonchev–Trinajstić information content (AvgIpc) is 2.42. The van der Waals surface area contributed by atoms with Crippen LogP contribution in [0.15, 0.2) is 36.4 Å². The lowest BCUT2D eigenvalue weighted by molar-refractivity contribution is -0.384. The van der Waals surface area contributed by atoms with E-state index in [4.69, 9.17) is 21.4 Å². The van der Waals surface area contributed by atoms with E-state index in [1.54, 1.807) is 0 Å². The number of aliphatic hydroxyl groups excluding tert-OH is 1. The predicted octanol–water partition coefficient (Wildman–Crippen LogP) is 3.67. The van der Waals surface area contributed by atoms with Crippen molar-refractivity contribution < 1.29 is 19.2 Å². The van der Waals surface area contributed by atoms with Crippen molar-refractivity contribution in [2.24, 2.45) is 0 Å². The van der Waals surface area contributed by atoms with Gasteiger partial charge in [-0.25, -0.2) is 4.39 Å². The molecule has 0 atom stereocenters. The van der Waals surface area contributed by atoms with Gasteiger partial charge >= 0.3 is 0 Å². The molecule has 0 aromatic heterocycles. The van der Waals surface area contributed by atoms with Gasteiger partial charge in [0.15, 0.2) is 5.75 Å². The van der Waals surface area contributed by atoms with E-state index in [-0.39, 0.29) is 27.8 Å². The number of rotatable bonds is 4. The van der Waals surface area contributed by atoms with Crippen molar-refractivity contribution in [2.45, 2.75) is 6.61 Å². The smallest absolute Gasteiger partial charge is 0.273 e. The quantitative estimate of drug-likeness (QED) is 0.690. The van der Waals surface area contributed by atoms with Gasteiger partial charge in [0.05, 0.1) is 22.6 Å². The van der Waals surface area contributed by atoms with Gasteiger partial charge < -0.3 is 9.84 Å². The zero-order valence-electron chi connectivity index (χ0n) is 10.0. The Morgan fingerprint density at radius 2 is 2.00 bits per heavy atom. The summed E-state index contributed by atoms with van der Waals surface area (Å²) in [6.45, 7) is -0.431. The molecular weight excluding hydrogens is 289 g/mol. The minimum atomic E-state index is -0.583. The third kappa shape index (κ3) is 3.04. The van der Waals surface area contributed by atoms with Gasteiger partial charge in [-0.1, -0.05) is 11.6 Å². The van der Waals surface area contributed by atoms with E-state index in [2.05, 4.69) is 0 Å². The maximum atomic E-state index is 13.0. The summed E-state index contributed by atoms with van der Waals surface area (Å²) < 4.78 is 18.5. The second-order valence-electron chi connectivity index (χ2n) is 3.88. The SMILES string of the molecule is O=[N+]([O-])c1ccc(Cl)c(Oc2ccc(F)cc2CO)c1. The first-order chi connectivity index (χ1) is 9.51. The molecule has 2 aromatic rings. The van der Waals surface area contributed by atoms with Crippen LogP contribution in [0, 0.1) is 15.9 Å². The van der Waals surface area contributed by atoms with Gasteiger partial charge in [0.1, 0.15) is 11.6 Å². The van der Waals surface area contributed by atoms with Crippen LogP contribution in [-0.2, 0) is 6.61 Å². The van der Waals surface area contributed by atoms with Crippen molar-refractivity contribution in [3.8, 4) is 11.5 Å². The van der Waals surface area contributed by atoms with Crippen molar-refractivity contribution in [1.82, 2.24) is 0 Å². The Hall–Kier alpha value is -2.18. The second-order valence-corrected chi connectivity index (χ2v) is 4.29. The lowest BCUT2D eigenvalue weighted by Crippen LogP contribution is -1.95. The first-order valence-corrected chi connectivity index (χ1v) is 5.90. The molecule has 0 heterocycles. The monoisotopic (exact) mass is 297 g/mol. The summed E-state index contributed by atoms with van der Waals surface area (Å²) in [6, 6.07) is 7.31. The number of nitro groups is 1. The first-order valence-electron chi connectivity index (χ1n) is 5.52. The van der Waals surface area contributed by atoms with Gasteiger partial charge in [0.25, 0.3) is 5.69 Å². The van der Waals surface area contributed by atoms with E-state index in [1.807, 2.05) is 0 Å². The Bertz CT molecular complexity index is 663. The van der Waals surface area contributed by atoms with Crippen LogP contribution in [0.3, 0.4) is 0 Å². The van der Waals surface area contributed by atoms with Gasteiger partial charge in [-0.3, -0.25) is 10.1 Å². The Morgan fingerprint density at radius 1 is 1.25 bits per heavy atom. The number of hydrogen-bond acceptors (Lipinski definition) is 4. The molecule has 5 nitrogen and oxygen atoms in total. The number of aliphatic hydroxyl groups is 1. The fraction of sp³-hybridized carbons (Fsp3) is 0.0769. The van der Waals surface area contributed by atoms with Crippen LogP contribution in [0.2, 0.25) is 5.02 Å². The second kappa shape index (κ2) is 5.85. The number of nitrogens with zero attached hydrogens (tertiary/aromatic N) is 1. The summed E-state index contributed by atoms with van der Waals surface area (Å²) in [7, 11) is 0. The molecule has 0 aliphatic carbocycles. The van der Waals surface area contributed by atoms with Gasteiger partial charge in [-0.2, -0.15) is 0 Å². The van der Waals surface area contributed by atoms with Gasteiger partial charge in [0, 0.05) is 11.6 Å². The number of nitro benzene ring substituents is 1. The Morgan fingerprint density at radius 3 is 2.65 bits per heavy atom. The Balaban J connectivity index is 2.39. The third-order valence-corrected chi connectivity index (χ3v) is 2.85. The van der Waals surface area contributed by atoms with Crippen LogP contribution in [0.5, 0.6) is 11.5 Å². The third-order valence-electron chi connectivity index (χ3n) is 2.54. The molecule has 0 spiro atoms. The molecule has 104 valence electrons. The van der Waals surface area contributed by atoms with Crippen LogP contribution < -0.4 is 4.74 Å². The highest BCUT2D eigenvalue weighted by Gasteiger charge is 2.13. The number of hydrogen-bond donors (Lipinski definition) is 1. The summed E-state index contributed by atoms with van der Waals surface area (Å²) >= 11 is 5.89. The number of ether oxygens (including phenoxy) is 1. The Labute approximate surface area is 118 Å². The van der Waals surface area contributed by atoms with Crippen molar-refractivity contribution in [1.29, 1.82) is 0 Å². The minimum Gasteiger partial charge on any atom is -0.455 e. The maximum Gasteiger partial charge on any atom is 0.273 e. The van der Waals surface area contributed by atoms with Crippen molar-refractivity contribution >= 4 is 17.3 Å². The summed E-state index contributed by atoms with van der Waals surface area (Å²) in [5.41, 5.74) is 0.0321. The largest absolute Gasteiger partial charge is 0.455 e. The zero-order valence-corrected chi connectivity index (χ0v) is 10.8. The summed E-state index contributed by atoms with van der Waals surface area (Å²) in [6.07, 6.45) is 0. The highest BCUT2D eigenvalue weighted by Crippen LogP contribution is 2.34. The molecule has 0 bridgehead atoms. The van der Waals surface area contributed by atoms with Crippen LogP contribution >= 0.6 is 11.6 Å². The minimum absolute atomic E-state index is 0.0576. The molecule has 7 heteroatoms. The zero-order chi connectivity index (χ0) is 14.7. The fourth-order valence-corrected chi connectivity index (χ4v) is 1.73. The average molecular weight is 298 g/mol. The molecule has 0 radical (unpaired) electrons. The standard InChI is InChI=1S/C13H9ClFNO4/c14-11-3-2-10(16(18)19)6-13(11)20-12-4-1-9(15)5-8(12)7-17/h1-6,17H,7H2. The van der Waals surface area contributed by atoms with E-state index in [9.17, 15) is 14.5 Å². The molecule has 2 aromatic carbocycles. The van der Waals surface area contributed by atoms with E-state index in [0.29, 0.717) is 0 Å². The molecule has 0 saturated heterocycles. The Kier molecular flexibility index (Phi) is 4.16. The molecule has 0 saturated carbocycles. The molecule has 2 rings (SSSR count). The molecule has 0 unspecified atom stereocenters. The van der Waals surface area contributed by atoms with Crippen LogP contribution in [0.25, 0.3) is 0 Å². The highest BCUT2D eigenvalue weighted by molar-refractivity contribution is 6.32. The lowest BCUT2D eigenvalue weighted by atomic mass is 10.2. The van der Waals surface area contributed by atoms with Crippen LogP contribution in [-0.4, -0.2) is 10.0 Å². The maximum absolute atomic E-state index is 13.0. The lowest BCUT2D eigenvalue weighted by Gasteiger charge is -2.10. The van der Waals surface area contributed by atoms with Gasteiger partial charge in [-0.15, -0.1) is 0 Å². The molecule has 0 aliphatic rings. The highest BCUT2D eigenvalue weighted by atomic mass is 35.5. The molecule has 20 heavy (non-hydrogen) atoms. The number of non-ortho nitro benzene ring substituents is 1. The predicted molar refractivity (Wildman–Crippen MR) is 70.5 cm³/mol. The van der Waals surface area contributed by atoms with E-state index in [1.165, 1.54) is 18.2 Å². The van der Waals surface area contributed by atoms with Crippen LogP contribution in [0.4, 0.5) is 10.1 Å². The van der Waals surface area contributed by atoms with E-state index in [0.717, 1.165) is 18.2 Å². The van der Waals surface area contributed by atoms with E-state index >= 15 is 0 Å².